The van der Waals surface area contributed by atoms with Gasteiger partial charge in [0.05, 0.1) is 0 Å². The minimum atomic E-state index is -1.25. The molecule has 4 rings (SSSR count). The average molecular weight is 459 g/mol. The van der Waals surface area contributed by atoms with Crippen molar-refractivity contribution >= 4 is 34.8 Å². The van der Waals surface area contributed by atoms with Crippen LogP contribution in [-0.4, -0.2) is 17.4 Å². The van der Waals surface area contributed by atoms with Gasteiger partial charge >= 0.3 is 0 Å². The summed E-state index contributed by atoms with van der Waals surface area (Å²) < 4.78 is 13.0. The van der Waals surface area contributed by atoms with E-state index in [0.29, 0.717) is 27.8 Å². The van der Waals surface area contributed by atoms with Crippen molar-refractivity contribution in [2.24, 2.45) is 5.41 Å². The third-order valence-corrected chi connectivity index (χ3v) is 7.26. The van der Waals surface area contributed by atoms with Crippen molar-refractivity contribution in [2.75, 3.05) is 0 Å². The summed E-state index contributed by atoms with van der Waals surface area (Å²) >= 11 is 12.3. The summed E-state index contributed by atoms with van der Waals surface area (Å²) in [5.41, 5.74) is 0.205. The molecule has 6 heteroatoms. The molecule has 2 heterocycles. The first-order valence-electron chi connectivity index (χ1n) is 10.2. The highest BCUT2D eigenvalue weighted by atomic mass is 35.5. The summed E-state index contributed by atoms with van der Waals surface area (Å²) in [5.74, 6) is -0.933. The number of fused-ring (bicyclic) bond motifs is 1. The van der Waals surface area contributed by atoms with Gasteiger partial charge in [-0.15, -0.1) is 0 Å². The Labute approximate surface area is 192 Å². The van der Waals surface area contributed by atoms with Gasteiger partial charge in [-0.2, -0.15) is 0 Å². The lowest BCUT2D eigenvalue weighted by Crippen LogP contribution is -2.52. The number of ether oxygens (including phenoxy) is 2. The summed E-state index contributed by atoms with van der Waals surface area (Å²) in [6, 6.07) is 14.8. The third kappa shape index (κ3) is 3.32. The number of rotatable bonds is 4. The van der Waals surface area contributed by atoms with Gasteiger partial charge in [0, 0.05) is 29.0 Å². The van der Waals surface area contributed by atoms with Crippen LogP contribution in [0.5, 0.6) is 0 Å². The molecule has 0 aromatic heterocycles. The van der Waals surface area contributed by atoms with Crippen LogP contribution in [0, 0.1) is 5.41 Å². The molecular weight excluding hydrogens is 435 g/mol. The highest BCUT2D eigenvalue weighted by Gasteiger charge is 2.69. The number of ketones is 2. The van der Waals surface area contributed by atoms with Gasteiger partial charge in [0.2, 0.25) is 5.79 Å². The van der Waals surface area contributed by atoms with Crippen LogP contribution >= 0.6 is 23.2 Å². The van der Waals surface area contributed by atoms with Crippen LogP contribution in [-0.2, 0) is 24.7 Å². The summed E-state index contributed by atoms with van der Waals surface area (Å²) in [5, 5.41) is 1.20. The van der Waals surface area contributed by atoms with Crippen molar-refractivity contribution in [2.45, 2.75) is 51.9 Å². The smallest absolute Gasteiger partial charge is 0.221 e. The van der Waals surface area contributed by atoms with Crippen molar-refractivity contribution in [1.29, 1.82) is 0 Å². The second-order valence-electron chi connectivity index (χ2n) is 8.57. The van der Waals surface area contributed by atoms with Crippen LogP contribution in [0.3, 0.4) is 0 Å². The molecule has 31 heavy (non-hydrogen) atoms. The monoisotopic (exact) mass is 458 g/mol. The van der Waals surface area contributed by atoms with E-state index in [2.05, 4.69) is 0 Å². The van der Waals surface area contributed by atoms with E-state index in [1.165, 1.54) is 6.92 Å². The quantitative estimate of drug-likeness (QED) is 0.544. The van der Waals surface area contributed by atoms with E-state index in [4.69, 9.17) is 32.7 Å². The van der Waals surface area contributed by atoms with Crippen LogP contribution in [0.1, 0.15) is 51.7 Å². The lowest BCUT2D eigenvalue weighted by atomic mass is 9.65. The van der Waals surface area contributed by atoms with Crippen LogP contribution < -0.4 is 0 Å². The van der Waals surface area contributed by atoms with Crippen LogP contribution in [0.25, 0.3) is 0 Å². The molecule has 4 nitrogen and oxygen atoms in total. The normalized spacial score (nSPS) is 26.9. The van der Waals surface area contributed by atoms with Gasteiger partial charge < -0.3 is 9.47 Å². The van der Waals surface area contributed by atoms with Gasteiger partial charge in [-0.1, -0.05) is 47.5 Å². The maximum absolute atomic E-state index is 13.2. The van der Waals surface area contributed by atoms with E-state index in [0.717, 1.165) is 11.1 Å². The first kappa shape index (κ1) is 22.1. The predicted octanol–water partition coefficient (Wildman–Crippen LogP) is 6.23. The fourth-order valence-corrected chi connectivity index (χ4v) is 5.29. The minimum Gasteiger partial charge on any atom is -0.466 e. The SMILES string of the molecule is CC(=O)C1=C(C)OC2(C)OC(c3ccc(Cl)cc3)(c3ccc(Cl)cc3)CC2(C(C)=O)C1. The molecule has 0 spiro atoms. The maximum atomic E-state index is 13.2. The molecule has 0 aliphatic carbocycles. The number of hydrogen-bond donors (Lipinski definition) is 0. The Kier molecular flexibility index (Phi) is 5.32. The van der Waals surface area contributed by atoms with Gasteiger partial charge in [-0.3, -0.25) is 9.59 Å². The fourth-order valence-electron chi connectivity index (χ4n) is 5.04. The summed E-state index contributed by atoms with van der Waals surface area (Å²) in [6.07, 6.45) is 0.585. The second kappa shape index (κ2) is 7.47. The van der Waals surface area contributed by atoms with E-state index >= 15 is 0 Å². The molecular formula is C25H24Cl2O4. The zero-order valence-corrected chi connectivity index (χ0v) is 19.4. The average Bonchev–Trinajstić information content (AvgIpc) is 2.98. The van der Waals surface area contributed by atoms with Crippen molar-refractivity contribution < 1.29 is 19.1 Å². The zero-order chi connectivity index (χ0) is 22.6. The summed E-state index contributed by atoms with van der Waals surface area (Å²) in [7, 11) is 0. The first-order valence-corrected chi connectivity index (χ1v) is 10.9. The lowest BCUT2D eigenvalue weighted by Gasteiger charge is -2.44. The molecule has 0 N–H and O–H groups in total. The highest BCUT2D eigenvalue weighted by molar-refractivity contribution is 6.30. The largest absolute Gasteiger partial charge is 0.466 e. The molecule has 2 aliphatic heterocycles. The van der Waals surface area contributed by atoms with E-state index < -0.39 is 16.8 Å². The standard InChI is InChI=1S/C25H24Cl2O4/c1-15(28)22-13-24(17(3)29)14-25(18-5-9-20(26)10-6-18,19-7-11-21(27)12-8-19)31-23(24,4)30-16(22)2/h5-12H,13-14H2,1-4H3. The van der Waals surface area contributed by atoms with Crippen molar-refractivity contribution in [1.82, 2.24) is 0 Å². The molecule has 162 valence electrons. The van der Waals surface area contributed by atoms with Crippen molar-refractivity contribution in [3.8, 4) is 0 Å². The Balaban J connectivity index is 1.95. The van der Waals surface area contributed by atoms with Crippen molar-refractivity contribution in [3.05, 3.63) is 81.0 Å². The second-order valence-corrected chi connectivity index (χ2v) is 9.45. The Hall–Kier alpha value is -2.14. The Morgan fingerprint density at radius 2 is 1.39 bits per heavy atom. The first-order chi connectivity index (χ1) is 14.5. The van der Waals surface area contributed by atoms with Gasteiger partial charge in [0.15, 0.2) is 5.78 Å². The highest BCUT2D eigenvalue weighted by Crippen LogP contribution is 2.63. The molecule has 0 bridgehead atoms. The van der Waals surface area contributed by atoms with E-state index in [-0.39, 0.29) is 18.0 Å². The number of Topliss-reactive ketones (excluding diaryl/α,β-unsaturated/α-hetero) is 2. The number of allylic oxidation sites excluding steroid dienone is 2. The topological polar surface area (TPSA) is 52.6 Å². The summed E-state index contributed by atoms with van der Waals surface area (Å²) in [4.78, 5) is 25.5. The van der Waals surface area contributed by atoms with Gasteiger partial charge in [-0.25, -0.2) is 0 Å². The molecule has 2 aliphatic rings. The van der Waals surface area contributed by atoms with E-state index in [9.17, 15) is 9.59 Å². The van der Waals surface area contributed by atoms with Gasteiger partial charge in [0.1, 0.15) is 22.6 Å². The fraction of sp³-hybridized carbons (Fsp3) is 0.360. The van der Waals surface area contributed by atoms with E-state index in [1.54, 1.807) is 45.0 Å². The molecule has 2 aromatic rings. The number of carbonyl (C=O) groups excluding carboxylic acids is 2. The van der Waals surface area contributed by atoms with Crippen molar-refractivity contribution in [3.63, 3.8) is 0 Å². The number of benzene rings is 2. The molecule has 0 amide bonds. The molecule has 2 unspecified atom stereocenters. The number of hydrogen-bond acceptors (Lipinski definition) is 4. The molecule has 2 atom stereocenters. The van der Waals surface area contributed by atoms with E-state index in [1.807, 2.05) is 24.3 Å². The van der Waals surface area contributed by atoms with Gasteiger partial charge in [-0.05, 0) is 62.6 Å². The summed E-state index contributed by atoms with van der Waals surface area (Å²) in [6.45, 7) is 6.59. The van der Waals surface area contributed by atoms with Crippen LogP contribution in [0.4, 0.5) is 0 Å². The Bertz CT molecular complexity index is 1040. The molecule has 1 saturated heterocycles. The Morgan fingerprint density at radius 3 is 1.81 bits per heavy atom. The maximum Gasteiger partial charge on any atom is 0.221 e. The molecule has 0 saturated carbocycles. The zero-order valence-electron chi connectivity index (χ0n) is 17.9. The number of halogens is 2. The lowest BCUT2D eigenvalue weighted by molar-refractivity contribution is -0.255. The predicted molar refractivity (Wildman–Crippen MR) is 120 cm³/mol. The van der Waals surface area contributed by atoms with Crippen LogP contribution in [0.15, 0.2) is 59.9 Å². The minimum absolute atomic E-state index is 0.0777. The number of carbonyl (C=O) groups is 2. The molecule has 2 aromatic carbocycles. The third-order valence-electron chi connectivity index (χ3n) is 6.76. The van der Waals surface area contributed by atoms with Crippen LogP contribution in [0.2, 0.25) is 10.0 Å². The Morgan fingerprint density at radius 1 is 0.903 bits per heavy atom. The molecule has 0 radical (unpaired) electrons. The van der Waals surface area contributed by atoms with Gasteiger partial charge in [0.25, 0.3) is 0 Å². The molecule has 1 fully saturated rings.